The number of aromatic nitrogens is 4. The molecule has 0 unspecified atom stereocenters. The molecule has 0 bridgehead atoms. The van der Waals surface area contributed by atoms with Crippen LogP contribution in [0.5, 0.6) is 0 Å². The molecule has 1 aliphatic rings. The van der Waals surface area contributed by atoms with E-state index in [0.29, 0.717) is 17.7 Å². The van der Waals surface area contributed by atoms with Gasteiger partial charge in [0.15, 0.2) is 5.82 Å². The minimum absolute atomic E-state index is 0.00551. The highest BCUT2D eigenvalue weighted by Crippen LogP contribution is 2.28. The first-order chi connectivity index (χ1) is 16.3. The predicted octanol–water partition coefficient (Wildman–Crippen LogP) is 3.31. The van der Waals surface area contributed by atoms with E-state index in [9.17, 15) is 12.8 Å². The van der Waals surface area contributed by atoms with Crippen molar-refractivity contribution in [1.82, 2.24) is 29.4 Å². The minimum atomic E-state index is -2.97. The molecule has 0 aliphatic carbocycles. The average Bonchev–Trinajstić information content (AvgIpc) is 3.25. The molecule has 1 fully saturated rings. The van der Waals surface area contributed by atoms with Gasteiger partial charge in [-0.3, -0.25) is 9.40 Å². The highest BCUT2D eigenvalue weighted by atomic mass is 35.5. The van der Waals surface area contributed by atoms with Crippen LogP contribution in [-0.2, 0) is 10.9 Å². The zero-order chi connectivity index (χ0) is 24.2. The first-order valence-electron chi connectivity index (χ1n) is 10.5. The summed E-state index contributed by atoms with van der Waals surface area (Å²) >= 11 is 6.25. The molecule has 3 N–H and O–H groups in total. The standard InChI is InChI=1S/C21H24ClFN8O2S/c1-13(29-34(32)33)17-9-14(3-4-19(17)23)26-20-18(22)11-24-21(28-20)27-15-10-25-31(12-15)16-5-7-30(2)8-6-16/h3-4,9-12,16,34H,1,5-8H2,2H3,(H,29,32,33)(H2,24,26,27,28). The molecule has 0 spiro atoms. The Hall–Kier alpha value is -3.22. The number of hydrogen-bond acceptors (Lipinski definition) is 8. The average molecular weight is 507 g/mol. The second-order valence-electron chi connectivity index (χ2n) is 7.93. The summed E-state index contributed by atoms with van der Waals surface area (Å²) in [6.45, 7) is 5.63. The summed E-state index contributed by atoms with van der Waals surface area (Å²) in [6.07, 6.45) is 7.15. The van der Waals surface area contributed by atoms with Gasteiger partial charge in [0, 0.05) is 17.4 Å². The molecule has 13 heteroatoms. The van der Waals surface area contributed by atoms with Gasteiger partial charge in [0.2, 0.25) is 16.8 Å². The van der Waals surface area contributed by atoms with Crippen LogP contribution in [0.25, 0.3) is 5.70 Å². The molecule has 0 saturated carbocycles. The Morgan fingerprint density at radius 2 is 1.97 bits per heavy atom. The molecule has 1 aliphatic heterocycles. The number of halogens is 2. The van der Waals surface area contributed by atoms with Crippen molar-refractivity contribution in [2.45, 2.75) is 18.9 Å². The number of nitrogens with zero attached hydrogens (tertiary/aromatic N) is 5. The third kappa shape index (κ3) is 5.82. The molecule has 3 aromatic rings. The number of anilines is 4. The fourth-order valence-electron chi connectivity index (χ4n) is 3.65. The summed E-state index contributed by atoms with van der Waals surface area (Å²) in [4.78, 5) is 10.9. The monoisotopic (exact) mass is 506 g/mol. The van der Waals surface area contributed by atoms with Crippen molar-refractivity contribution in [2.75, 3.05) is 30.8 Å². The topological polar surface area (TPSA) is 117 Å². The van der Waals surface area contributed by atoms with Crippen molar-refractivity contribution in [3.63, 3.8) is 0 Å². The number of nitrogens with one attached hydrogen (secondary N) is 3. The molecule has 3 heterocycles. The van der Waals surface area contributed by atoms with Crippen LogP contribution in [0.3, 0.4) is 0 Å². The van der Waals surface area contributed by atoms with Gasteiger partial charge in [0.25, 0.3) is 0 Å². The van der Waals surface area contributed by atoms with Gasteiger partial charge in [-0.05, 0) is 51.2 Å². The Morgan fingerprint density at radius 3 is 2.71 bits per heavy atom. The van der Waals surface area contributed by atoms with Gasteiger partial charge in [-0.25, -0.2) is 17.8 Å². The first kappa shape index (κ1) is 23.9. The van der Waals surface area contributed by atoms with Gasteiger partial charge >= 0.3 is 0 Å². The number of likely N-dealkylation sites (tertiary alicyclic amines) is 1. The van der Waals surface area contributed by atoms with Crippen molar-refractivity contribution >= 4 is 51.3 Å². The minimum Gasteiger partial charge on any atom is -0.339 e. The van der Waals surface area contributed by atoms with Gasteiger partial charge in [0.05, 0.1) is 29.8 Å². The van der Waals surface area contributed by atoms with Crippen LogP contribution in [0, 0.1) is 5.82 Å². The number of rotatable bonds is 8. The maximum absolute atomic E-state index is 14.2. The van der Waals surface area contributed by atoms with Crippen LogP contribution in [0.1, 0.15) is 24.4 Å². The third-order valence-corrected chi connectivity index (χ3v) is 6.17. The molecular formula is C21H24ClFN8O2S. The lowest BCUT2D eigenvalue weighted by molar-refractivity contribution is 0.212. The van der Waals surface area contributed by atoms with E-state index in [1.165, 1.54) is 24.4 Å². The Balaban J connectivity index is 1.48. The zero-order valence-electron chi connectivity index (χ0n) is 18.3. The fourth-order valence-corrected chi connectivity index (χ4v) is 4.13. The van der Waals surface area contributed by atoms with Crippen molar-refractivity contribution in [3.05, 3.63) is 59.8 Å². The van der Waals surface area contributed by atoms with Crippen LogP contribution in [0.15, 0.2) is 43.4 Å². The molecule has 4 rings (SSSR count). The van der Waals surface area contributed by atoms with Gasteiger partial charge < -0.3 is 15.5 Å². The van der Waals surface area contributed by atoms with Gasteiger partial charge in [0.1, 0.15) is 10.8 Å². The van der Waals surface area contributed by atoms with Crippen molar-refractivity contribution < 1.29 is 12.8 Å². The summed E-state index contributed by atoms with van der Waals surface area (Å²) in [5.74, 6) is -0.0443. The normalized spacial score (nSPS) is 14.8. The molecule has 180 valence electrons. The van der Waals surface area contributed by atoms with Crippen LogP contribution < -0.4 is 15.4 Å². The highest BCUT2D eigenvalue weighted by Gasteiger charge is 2.19. The molecule has 2 aromatic heterocycles. The summed E-state index contributed by atoms with van der Waals surface area (Å²) in [5, 5.41) is 10.8. The van der Waals surface area contributed by atoms with Gasteiger partial charge in [-0.15, -0.1) is 0 Å². The maximum atomic E-state index is 14.2. The summed E-state index contributed by atoms with van der Waals surface area (Å²) in [7, 11) is -0.852. The largest absolute Gasteiger partial charge is 0.339 e. The summed E-state index contributed by atoms with van der Waals surface area (Å²) < 4.78 is 40.0. The van der Waals surface area contributed by atoms with E-state index in [1.807, 2.05) is 10.9 Å². The number of thiol groups is 1. The SMILES string of the molecule is C=C(N[SH](=O)=O)c1cc(Nc2nc(Nc3cnn(C4CCN(C)CC4)c3)ncc2Cl)ccc1F. The quantitative estimate of drug-likeness (QED) is 0.344. The smallest absolute Gasteiger partial charge is 0.229 e. The summed E-state index contributed by atoms with van der Waals surface area (Å²) in [6, 6.07) is 4.42. The highest BCUT2D eigenvalue weighted by molar-refractivity contribution is 7.70. The molecule has 34 heavy (non-hydrogen) atoms. The van der Waals surface area contributed by atoms with Crippen molar-refractivity contribution in [3.8, 4) is 0 Å². The number of benzene rings is 1. The molecule has 10 nitrogen and oxygen atoms in total. The van der Waals surface area contributed by atoms with Crippen LogP contribution in [0.4, 0.5) is 27.5 Å². The van der Waals surface area contributed by atoms with E-state index in [2.05, 4.69) is 48.9 Å². The van der Waals surface area contributed by atoms with E-state index in [4.69, 9.17) is 11.6 Å². The Bertz CT molecular complexity index is 1270. The number of piperidine rings is 1. The molecule has 1 aromatic carbocycles. The molecule has 0 radical (unpaired) electrons. The molecule has 0 atom stereocenters. The second kappa shape index (κ2) is 10.4. The van der Waals surface area contributed by atoms with E-state index in [0.717, 1.165) is 31.6 Å². The molecule has 0 amide bonds. The molecule has 1 saturated heterocycles. The zero-order valence-corrected chi connectivity index (χ0v) is 20.0. The van der Waals surface area contributed by atoms with E-state index >= 15 is 0 Å². The first-order valence-corrected chi connectivity index (χ1v) is 12.0. The van der Waals surface area contributed by atoms with Crippen molar-refractivity contribution in [1.29, 1.82) is 0 Å². The predicted molar refractivity (Wildman–Crippen MR) is 130 cm³/mol. The lowest BCUT2D eigenvalue weighted by atomic mass is 10.1. The van der Waals surface area contributed by atoms with Gasteiger partial charge in [-0.1, -0.05) is 18.2 Å². The second-order valence-corrected chi connectivity index (χ2v) is 9.07. The Labute approximate surface area is 202 Å². The fraction of sp³-hybridized carbons (Fsp3) is 0.286. The van der Waals surface area contributed by atoms with Crippen LogP contribution >= 0.6 is 11.6 Å². The molecular weight excluding hydrogens is 483 g/mol. The van der Waals surface area contributed by atoms with Gasteiger partial charge in [-0.2, -0.15) is 10.1 Å². The Morgan fingerprint density at radius 1 is 1.21 bits per heavy atom. The lowest BCUT2D eigenvalue weighted by Crippen LogP contribution is -2.31. The van der Waals surface area contributed by atoms with Crippen LogP contribution in [-0.4, -0.2) is 53.2 Å². The number of hydrogen-bond donors (Lipinski definition) is 4. The lowest BCUT2D eigenvalue weighted by Gasteiger charge is -2.28. The Kier molecular flexibility index (Phi) is 7.29. The van der Waals surface area contributed by atoms with Crippen LogP contribution in [0.2, 0.25) is 5.02 Å². The van der Waals surface area contributed by atoms with E-state index in [-0.39, 0.29) is 22.1 Å². The third-order valence-electron chi connectivity index (χ3n) is 5.44. The van der Waals surface area contributed by atoms with E-state index < -0.39 is 16.7 Å². The van der Waals surface area contributed by atoms with E-state index in [1.54, 1.807) is 6.20 Å². The summed E-state index contributed by atoms with van der Waals surface area (Å²) in [5.41, 5.74) is 1.08. The maximum Gasteiger partial charge on any atom is 0.229 e. The van der Waals surface area contributed by atoms with Crippen molar-refractivity contribution in [2.24, 2.45) is 0 Å².